The molecule has 0 bridgehead atoms. The standard InChI is InChI=1S/C31H41N3O3/c1-23(35)34-18-16-31(17-19-34)21-25(27-13-7-9-15-29(27)37-31)20-30(36)32-28-14-8-6-10-24(28)22-33(2)26-11-4-3-5-12-26/h6-10,13-15,25-26H,3-5,11-12,16-22H2,1-2H3,(H,32,36). The molecule has 2 aromatic carbocycles. The van der Waals surface area contributed by atoms with Crippen LogP contribution in [-0.4, -0.2) is 53.4 Å². The van der Waals surface area contributed by atoms with E-state index in [2.05, 4.69) is 35.5 Å². The normalized spacial score (nSPS) is 21.4. The van der Waals surface area contributed by atoms with Crippen molar-refractivity contribution >= 4 is 17.5 Å². The number of likely N-dealkylation sites (tertiary alicyclic amines) is 1. The lowest BCUT2D eigenvalue weighted by molar-refractivity contribution is -0.132. The van der Waals surface area contributed by atoms with E-state index in [0.29, 0.717) is 25.6 Å². The largest absolute Gasteiger partial charge is 0.487 e. The van der Waals surface area contributed by atoms with E-state index in [1.807, 2.05) is 35.2 Å². The minimum Gasteiger partial charge on any atom is -0.487 e. The third-order valence-electron chi connectivity index (χ3n) is 8.76. The SMILES string of the molecule is CC(=O)N1CCC2(CC1)CC(CC(=O)Nc1ccccc1CN(C)C1CCCCC1)c1ccccc1O2. The number of amides is 2. The number of anilines is 1. The molecule has 1 unspecified atom stereocenters. The Hall–Kier alpha value is -2.86. The van der Waals surface area contributed by atoms with E-state index < -0.39 is 0 Å². The van der Waals surface area contributed by atoms with Gasteiger partial charge in [0.2, 0.25) is 11.8 Å². The molecule has 2 amide bonds. The Balaban J connectivity index is 1.27. The smallest absolute Gasteiger partial charge is 0.224 e. The fourth-order valence-electron chi connectivity index (χ4n) is 6.59. The van der Waals surface area contributed by atoms with Crippen molar-refractivity contribution in [3.8, 4) is 5.75 Å². The van der Waals surface area contributed by atoms with E-state index in [1.54, 1.807) is 6.92 Å². The highest BCUT2D eigenvalue weighted by Gasteiger charge is 2.44. The number of nitrogens with zero attached hydrogens (tertiary/aromatic N) is 2. The monoisotopic (exact) mass is 503 g/mol. The predicted molar refractivity (Wildman–Crippen MR) is 147 cm³/mol. The number of hydrogen-bond acceptors (Lipinski definition) is 4. The number of rotatable bonds is 6. The number of para-hydroxylation sites is 2. The van der Waals surface area contributed by atoms with E-state index in [1.165, 1.54) is 37.7 Å². The molecule has 0 aromatic heterocycles. The lowest BCUT2D eigenvalue weighted by Crippen LogP contribution is -2.51. The maximum Gasteiger partial charge on any atom is 0.224 e. The molecule has 1 aliphatic carbocycles. The van der Waals surface area contributed by atoms with Gasteiger partial charge in [-0.05, 0) is 49.6 Å². The van der Waals surface area contributed by atoms with Gasteiger partial charge in [0.25, 0.3) is 0 Å². The minimum absolute atomic E-state index is 0.0470. The number of ether oxygens (including phenoxy) is 1. The van der Waals surface area contributed by atoms with Crippen molar-refractivity contribution in [2.75, 3.05) is 25.5 Å². The van der Waals surface area contributed by atoms with E-state index in [9.17, 15) is 9.59 Å². The quantitative estimate of drug-likeness (QED) is 0.547. The number of hydrogen-bond donors (Lipinski definition) is 1. The Labute approximate surface area is 221 Å². The lowest BCUT2D eigenvalue weighted by Gasteiger charge is -2.46. The molecule has 2 heterocycles. The van der Waals surface area contributed by atoms with E-state index in [4.69, 9.17) is 4.74 Å². The van der Waals surface area contributed by atoms with Gasteiger partial charge in [0, 0.05) is 63.5 Å². The average Bonchev–Trinajstić information content (AvgIpc) is 2.90. The summed E-state index contributed by atoms with van der Waals surface area (Å²) in [4.78, 5) is 29.6. The molecule has 6 heteroatoms. The Morgan fingerprint density at radius 2 is 1.73 bits per heavy atom. The molecular formula is C31H41N3O3. The molecule has 2 aliphatic heterocycles. The molecule has 6 nitrogen and oxygen atoms in total. The predicted octanol–water partition coefficient (Wildman–Crippen LogP) is 5.73. The van der Waals surface area contributed by atoms with Gasteiger partial charge in [-0.3, -0.25) is 14.5 Å². The molecule has 1 N–H and O–H groups in total. The van der Waals surface area contributed by atoms with Crippen LogP contribution in [0.2, 0.25) is 0 Å². The first kappa shape index (κ1) is 25.8. The third-order valence-corrected chi connectivity index (χ3v) is 8.76. The van der Waals surface area contributed by atoms with Crippen molar-refractivity contribution < 1.29 is 14.3 Å². The molecule has 1 spiro atoms. The van der Waals surface area contributed by atoms with Crippen LogP contribution in [0.25, 0.3) is 0 Å². The molecule has 2 fully saturated rings. The molecule has 1 atom stereocenters. The van der Waals surface area contributed by atoms with Crippen molar-refractivity contribution in [3.05, 3.63) is 59.7 Å². The number of carbonyl (C=O) groups excluding carboxylic acids is 2. The van der Waals surface area contributed by atoms with E-state index >= 15 is 0 Å². The Bertz CT molecular complexity index is 1100. The Morgan fingerprint density at radius 3 is 2.49 bits per heavy atom. The number of benzene rings is 2. The summed E-state index contributed by atoms with van der Waals surface area (Å²) in [6.07, 6.45) is 9.33. The number of fused-ring (bicyclic) bond motifs is 1. The lowest BCUT2D eigenvalue weighted by atomic mass is 9.76. The van der Waals surface area contributed by atoms with Crippen LogP contribution in [0.15, 0.2) is 48.5 Å². The van der Waals surface area contributed by atoms with Gasteiger partial charge >= 0.3 is 0 Å². The molecule has 0 radical (unpaired) electrons. The van der Waals surface area contributed by atoms with Crippen LogP contribution in [0.1, 0.15) is 81.8 Å². The van der Waals surface area contributed by atoms with Crippen LogP contribution < -0.4 is 10.1 Å². The first-order chi connectivity index (χ1) is 17.9. The van der Waals surface area contributed by atoms with Crippen LogP contribution in [0.5, 0.6) is 5.75 Å². The molecule has 3 aliphatic rings. The molecule has 37 heavy (non-hydrogen) atoms. The fraction of sp³-hybridized carbons (Fsp3) is 0.548. The van der Waals surface area contributed by atoms with Crippen molar-refractivity contribution in [1.82, 2.24) is 9.80 Å². The van der Waals surface area contributed by atoms with Crippen molar-refractivity contribution in [2.45, 2.75) is 88.8 Å². The fourth-order valence-corrected chi connectivity index (χ4v) is 6.59. The van der Waals surface area contributed by atoms with Gasteiger partial charge in [0.15, 0.2) is 0 Å². The third kappa shape index (κ3) is 6.01. The van der Waals surface area contributed by atoms with Crippen LogP contribution >= 0.6 is 0 Å². The van der Waals surface area contributed by atoms with Gasteiger partial charge in [0.05, 0.1) is 0 Å². The van der Waals surface area contributed by atoms with Crippen LogP contribution in [0.3, 0.4) is 0 Å². The zero-order chi connectivity index (χ0) is 25.8. The maximum atomic E-state index is 13.4. The van der Waals surface area contributed by atoms with Gasteiger partial charge < -0.3 is 15.0 Å². The van der Waals surface area contributed by atoms with Crippen LogP contribution in [0.4, 0.5) is 5.69 Å². The Morgan fingerprint density at radius 1 is 1.03 bits per heavy atom. The molecule has 1 saturated carbocycles. The van der Waals surface area contributed by atoms with E-state index in [0.717, 1.165) is 42.8 Å². The first-order valence-corrected chi connectivity index (χ1v) is 14.0. The van der Waals surface area contributed by atoms with Crippen molar-refractivity contribution in [1.29, 1.82) is 0 Å². The highest BCUT2D eigenvalue weighted by molar-refractivity contribution is 5.92. The Kier molecular flexibility index (Phi) is 7.84. The minimum atomic E-state index is -0.314. The first-order valence-electron chi connectivity index (χ1n) is 14.0. The van der Waals surface area contributed by atoms with E-state index in [-0.39, 0.29) is 23.3 Å². The van der Waals surface area contributed by atoms with Crippen LogP contribution in [-0.2, 0) is 16.1 Å². The second kappa shape index (κ2) is 11.3. The molecule has 1 saturated heterocycles. The molecule has 5 rings (SSSR count). The van der Waals surface area contributed by atoms with Gasteiger partial charge in [-0.1, -0.05) is 55.7 Å². The summed E-state index contributed by atoms with van der Waals surface area (Å²) >= 11 is 0. The summed E-state index contributed by atoms with van der Waals surface area (Å²) in [5.41, 5.74) is 2.89. The zero-order valence-corrected chi connectivity index (χ0v) is 22.4. The summed E-state index contributed by atoms with van der Waals surface area (Å²) in [6.45, 7) is 3.89. The number of nitrogens with one attached hydrogen (secondary N) is 1. The summed E-state index contributed by atoms with van der Waals surface area (Å²) in [6, 6.07) is 17.0. The molecular weight excluding hydrogens is 462 g/mol. The second-order valence-corrected chi connectivity index (χ2v) is 11.3. The number of carbonyl (C=O) groups is 2. The van der Waals surface area contributed by atoms with Crippen molar-refractivity contribution in [2.24, 2.45) is 0 Å². The van der Waals surface area contributed by atoms with Gasteiger partial charge in [0.1, 0.15) is 11.4 Å². The zero-order valence-electron chi connectivity index (χ0n) is 22.4. The van der Waals surface area contributed by atoms with Gasteiger partial charge in [-0.25, -0.2) is 0 Å². The summed E-state index contributed by atoms with van der Waals surface area (Å²) < 4.78 is 6.56. The topological polar surface area (TPSA) is 61.9 Å². The van der Waals surface area contributed by atoms with Gasteiger partial charge in [-0.2, -0.15) is 0 Å². The highest BCUT2D eigenvalue weighted by atomic mass is 16.5. The average molecular weight is 504 g/mol. The summed E-state index contributed by atoms with van der Waals surface area (Å²) in [5.74, 6) is 1.14. The van der Waals surface area contributed by atoms with Crippen molar-refractivity contribution in [3.63, 3.8) is 0 Å². The van der Waals surface area contributed by atoms with Gasteiger partial charge in [-0.15, -0.1) is 0 Å². The summed E-state index contributed by atoms with van der Waals surface area (Å²) in [7, 11) is 2.21. The second-order valence-electron chi connectivity index (χ2n) is 11.3. The number of piperidine rings is 1. The summed E-state index contributed by atoms with van der Waals surface area (Å²) in [5, 5.41) is 3.25. The highest BCUT2D eigenvalue weighted by Crippen LogP contribution is 2.46. The maximum absolute atomic E-state index is 13.4. The van der Waals surface area contributed by atoms with Crippen LogP contribution in [0, 0.1) is 0 Å². The molecule has 2 aromatic rings. The molecule has 198 valence electrons.